The minimum absolute atomic E-state index is 0.0404. The summed E-state index contributed by atoms with van der Waals surface area (Å²) in [7, 11) is 1.50. The number of amides is 3. The van der Waals surface area contributed by atoms with Crippen molar-refractivity contribution in [1.29, 1.82) is 0 Å². The van der Waals surface area contributed by atoms with Crippen LogP contribution in [0.25, 0.3) is 5.65 Å². The fourth-order valence-corrected chi connectivity index (χ4v) is 4.00. The number of nitrogens with zero attached hydrogens (tertiary/aromatic N) is 4. The first-order valence-electron chi connectivity index (χ1n) is 10.2. The van der Waals surface area contributed by atoms with Crippen molar-refractivity contribution in [2.24, 2.45) is 0 Å². The number of imidazole rings is 1. The van der Waals surface area contributed by atoms with Crippen molar-refractivity contribution < 1.29 is 27.6 Å². The monoisotopic (exact) mass is 471 g/mol. The predicted octanol–water partition coefficient (Wildman–Crippen LogP) is 2.30. The van der Waals surface area contributed by atoms with Gasteiger partial charge < -0.3 is 15.1 Å². The van der Waals surface area contributed by atoms with E-state index in [9.17, 15) is 27.6 Å². The first-order valence-corrected chi connectivity index (χ1v) is 10.5. The van der Waals surface area contributed by atoms with Crippen LogP contribution in [0.15, 0.2) is 12.3 Å². The lowest BCUT2D eigenvalue weighted by Gasteiger charge is -2.33. The van der Waals surface area contributed by atoms with Crippen LogP contribution < -0.4 is 5.32 Å². The number of piperazine rings is 1. The standard InChI is InChI=1S/C20H21ClF3N5O3/c1-25-14(30)4-5-27-6-7-28(10-15(27)31)19(32)16-17(21)29-9-12(11-2-3-11)8-13(18(29)26-16)20(22,23)24/h8-9,11H,2-7,10H2,1H3,(H,25,30). The van der Waals surface area contributed by atoms with Crippen LogP contribution in [0.2, 0.25) is 5.15 Å². The first kappa shape index (κ1) is 22.4. The molecule has 32 heavy (non-hydrogen) atoms. The first-order chi connectivity index (χ1) is 15.1. The number of aromatic nitrogens is 2. The molecule has 3 amide bonds. The molecule has 1 aliphatic heterocycles. The number of hydrogen-bond acceptors (Lipinski definition) is 4. The maximum atomic E-state index is 13.7. The highest BCUT2D eigenvalue weighted by molar-refractivity contribution is 6.33. The van der Waals surface area contributed by atoms with Crippen molar-refractivity contribution in [3.8, 4) is 0 Å². The van der Waals surface area contributed by atoms with E-state index in [0.29, 0.717) is 5.56 Å². The molecule has 2 aromatic rings. The predicted molar refractivity (Wildman–Crippen MR) is 108 cm³/mol. The molecule has 0 radical (unpaired) electrons. The molecular formula is C20H21ClF3N5O3. The maximum Gasteiger partial charge on any atom is 0.419 e. The van der Waals surface area contributed by atoms with Crippen LogP contribution >= 0.6 is 11.6 Å². The summed E-state index contributed by atoms with van der Waals surface area (Å²) in [5.74, 6) is -1.24. The lowest BCUT2D eigenvalue weighted by molar-refractivity contribution is -0.137. The van der Waals surface area contributed by atoms with Crippen molar-refractivity contribution in [3.63, 3.8) is 0 Å². The number of pyridine rings is 1. The Morgan fingerprint density at radius 2 is 2.00 bits per heavy atom. The van der Waals surface area contributed by atoms with Gasteiger partial charge in [0.2, 0.25) is 11.8 Å². The van der Waals surface area contributed by atoms with Gasteiger partial charge in [0.15, 0.2) is 11.3 Å². The minimum atomic E-state index is -4.66. The quantitative estimate of drug-likeness (QED) is 0.725. The Morgan fingerprint density at radius 1 is 1.28 bits per heavy atom. The third-order valence-electron chi connectivity index (χ3n) is 5.73. The van der Waals surface area contributed by atoms with Crippen LogP contribution in [-0.4, -0.2) is 70.1 Å². The Hall–Kier alpha value is -2.82. The van der Waals surface area contributed by atoms with Crippen LogP contribution in [-0.2, 0) is 15.8 Å². The summed E-state index contributed by atoms with van der Waals surface area (Å²) in [5, 5.41) is 2.25. The van der Waals surface area contributed by atoms with Gasteiger partial charge >= 0.3 is 6.18 Å². The summed E-state index contributed by atoms with van der Waals surface area (Å²) in [6.45, 7) is 0.304. The second kappa shape index (κ2) is 8.27. The summed E-state index contributed by atoms with van der Waals surface area (Å²) in [4.78, 5) is 43.4. The van der Waals surface area contributed by atoms with Gasteiger partial charge in [-0.25, -0.2) is 4.98 Å². The van der Waals surface area contributed by atoms with Gasteiger partial charge in [0.25, 0.3) is 5.91 Å². The number of halogens is 4. The number of hydrogen-bond donors (Lipinski definition) is 1. The molecule has 12 heteroatoms. The number of nitrogens with one attached hydrogen (secondary N) is 1. The van der Waals surface area contributed by atoms with Crippen molar-refractivity contribution in [3.05, 3.63) is 34.2 Å². The lowest BCUT2D eigenvalue weighted by Crippen LogP contribution is -2.52. The van der Waals surface area contributed by atoms with Crippen molar-refractivity contribution in [1.82, 2.24) is 24.5 Å². The molecule has 1 saturated heterocycles. The highest BCUT2D eigenvalue weighted by Crippen LogP contribution is 2.43. The van der Waals surface area contributed by atoms with Gasteiger partial charge in [-0.05, 0) is 30.4 Å². The van der Waals surface area contributed by atoms with Gasteiger partial charge in [-0.2, -0.15) is 13.2 Å². The molecule has 8 nitrogen and oxygen atoms in total. The molecule has 1 N–H and O–H groups in total. The molecule has 2 aromatic heterocycles. The molecule has 172 valence electrons. The molecular weight excluding hydrogens is 451 g/mol. The zero-order valence-corrected chi connectivity index (χ0v) is 18.0. The average molecular weight is 472 g/mol. The molecule has 1 saturated carbocycles. The normalized spacial score (nSPS) is 17.2. The zero-order chi connectivity index (χ0) is 23.2. The zero-order valence-electron chi connectivity index (χ0n) is 17.2. The molecule has 4 rings (SSSR count). The molecule has 2 aliphatic rings. The average Bonchev–Trinajstić information content (AvgIpc) is 3.55. The Balaban J connectivity index is 1.59. The van der Waals surface area contributed by atoms with Crippen LogP contribution in [0, 0.1) is 0 Å². The summed E-state index contributed by atoms with van der Waals surface area (Å²) < 4.78 is 42.1. The highest BCUT2D eigenvalue weighted by Gasteiger charge is 2.38. The number of alkyl halides is 3. The van der Waals surface area contributed by atoms with Crippen molar-refractivity contribution >= 4 is 35.0 Å². The number of fused-ring (bicyclic) bond motifs is 1. The fraction of sp³-hybridized carbons (Fsp3) is 0.500. The second-order valence-corrected chi connectivity index (χ2v) is 8.29. The van der Waals surface area contributed by atoms with Gasteiger partial charge in [0.1, 0.15) is 11.7 Å². The van der Waals surface area contributed by atoms with Crippen molar-refractivity contribution in [2.75, 3.05) is 33.2 Å². The fourth-order valence-electron chi connectivity index (χ4n) is 3.75. The molecule has 0 atom stereocenters. The number of carbonyl (C=O) groups is 3. The molecule has 2 fully saturated rings. The smallest absolute Gasteiger partial charge is 0.359 e. The maximum absolute atomic E-state index is 13.7. The summed E-state index contributed by atoms with van der Waals surface area (Å²) in [5.41, 5.74) is -1.21. The van der Waals surface area contributed by atoms with E-state index in [2.05, 4.69) is 10.3 Å². The Morgan fingerprint density at radius 3 is 2.59 bits per heavy atom. The topological polar surface area (TPSA) is 87.0 Å². The van der Waals surface area contributed by atoms with Crippen molar-refractivity contribution in [2.45, 2.75) is 31.4 Å². The van der Waals surface area contributed by atoms with Gasteiger partial charge in [0.05, 0.1) is 5.56 Å². The highest BCUT2D eigenvalue weighted by atomic mass is 35.5. The molecule has 0 spiro atoms. The van der Waals surface area contributed by atoms with E-state index in [1.165, 1.54) is 23.0 Å². The van der Waals surface area contributed by atoms with E-state index in [-0.39, 0.29) is 61.2 Å². The van der Waals surface area contributed by atoms with Crippen LogP contribution in [0.5, 0.6) is 0 Å². The van der Waals surface area contributed by atoms with E-state index in [4.69, 9.17) is 11.6 Å². The molecule has 3 heterocycles. The molecule has 1 aliphatic carbocycles. The van der Waals surface area contributed by atoms with E-state index in [1.54, 1.807) is 0 Å². The van der Waals surface area contributed by atoms with Gasteiger partial charge in [-0.1, -0.05) is 11.6 Å². The SMILES string of the molecule is CNC(=O)CCN1CCN(C(=O)c2nc3c(C(F)(F)F)cc(C4CC4)cn3c2Cl)CC1=O. The summed E-state index contributed by atoms with van der Waals surface area (Å²) >= 11 is 6.30. The van der Waals surface area contributed by atoms with E-state index in [1.807, 2.05) is 0 Å². The lowest BCUT2D eigenvalue weighted by atomic mass is 10.1. The van der Waals surface area contributed by atoms with Crippen LogP contribution in [0.1, 0.15) is 46.8 Å². The Kier molecular flexibility index (Phi) is 5.78. The minimum Gasteiger partial charge on any atom is -0.359 e. The molecule has 0 bridgehead atoms. The van der Waals surface area contributed by atoms with Gasteiger partial charge in [-0.3, -0.25) is 18.8 Å². The Labute approximate surface area is 186 Å². The molecule has 0 unspecified atom stereocenters. The summed E-state index contributed by atoms with van der Waals surface area (Å²) in [6, 6.07) is 1.07. The number of carbonyl (C=O) groups excluding carboxylic acids is 3. The van der Waals surface area contributed by atoms with E-state index >= 15 is 0 Å². The van der Waals surface area contributed by atoms with Gasteiger partial charge in [-0.15, -0.1) is 0 Å². The Bertz CT molecular complexity index is 1100. The van der Waals surface area contributed by atoms with Gasteiger partial charge in [0, 0.05) is 39.3 Å². The second-order valence-electron chi connectivity index (χ2n) is 7.93. The largest absolute Gasteiger partial charge is 0.419 e. The van der Waals surface area contributed by atoms with Crippen LogP contribution in [0.3, 0.4) is 0 Å². The molecule has 0 aromatic carbocycles. The number of rotatable bonds is 5. The van der Waals surface area contributed by atoms with E-state index in [0.717, 1.165) is 23.3 Å². The third kappa shape index (κ3) is 4.25. The summed E-state index contributed by atoms with van der Waals surface area (Å²) in [6.07, 6.45) is -1.43. The van der Waals surface area contributed by atoms with E-state index < -0.39 is 23.3 Å². The van der Waals surface area contributed by atoms with Crippen LogP contribution in [0.4, 0.5) is 13.2 Å². The third-order valence-corrected chi connectivity index (χ3v) is 6.09.